The summed E-state index contributed by atoms with van der Waals surface area (Å²) in [5.74, 6) is 0. The molecule has 3 N–H and O–H groups in total. The van der Waals surface area contributed by atoms with Crippen LogP contribution < -0.4 is 10.5 Å². The summed E-state index contributed by atoms with van der Waals surface area (Å²) in [5.41, 5.74) is 5.66. The number of nitrogens with one attached hydrogen (secondary N) is 1. The number of nitrogen functional groups attached to an aromatic ring is 1. The maximum Gasteiger partial charge on any atom is 0.251 e. The van der Waals surface area contributed by atoms with Crippen molar-refractivity contribution >= 4 is 31.6 Å². The number of rotatable bonds is 4. The second kappa shape index (κ2) is 5.07. The van der Waals surface area contributed by atoms with Crippen LogP contribution in [0.1, 0.15) is 0 Å². The minimum atomic E-state index is -3.97. The van der Waals surface area contributed by atoms with Crippen LogP contribution in [-0.2, 0) is 10.0 Å². The Morgan fingerprint density at radius 1 is 1.44 bits per heavy atom. The van der Waals surface area contributed by atoms with Gasteiger partial charge in [-0.05, 0) is 34.1 Å². The summed E-state index contributed by atoms with van der Waals surface area (Å²) in [6, 6.07) is 4.13. The maximum absolute atomic E-state index is 11.9. The molecule has 0 atom stereocenters. The number of halogens is 3. The average Bonchev–Trinajstić information content (AvgIpc) is 2.19. The van der Waals surface area contributed by atoms with Gasteiger partial charge in [0.05, 0.1) is 11.4 Å². The van der Waals surface area contributed by atoms with Crippen LogP contribution in [0, 0.1) is 0 Å². The van der Waals surface area contributed by atoms with Gasteiger partial charge in [-0.1, -0.05) is 0 Å². The maximum atomic E-state index is 11.9. The van der Waals surface area contributed by atoms with E-state index in [-0.39, 0.29) is 15.1 Å². The Hall–Kier alpha value is -0.730. The molecule has 16 heavy (non-hydrogen) atoms. The molecule has 0 saturated carbocycles. The van der Waals surface area contributed by atoms with E-state index in [1.54, 1.807) is 4.72 Å². The van der Waals surface area contributed by atoms with Gasteiger partial charge in [0.2, 0.25) is 10.0 Å². The highest BCUT2D eigenvalue weighted by Gasteiger charge is 2.19. The zero-order valence-electron chi connectivity index (χ0n) is 7.95. The molecule has 0 heterocycles. The second-order valence-electron chi connectivity index (χ2n) is 2.93. The fourth-order valence-electron chi connectivity index (χ4n) is 0.976. The SMILES string of the molecule is Nc1ccc(Br)c(S(=O)(=O)NCC(F)F)c1. The van der Waals surface area contributed by atoms with Crippen molar-refractivity contribution in [2.75, 3.05) is 12.3 Å². The van der Waals surface area contributed by atoms with Crippen molar-refractivity contribution < 1.29 is 17.2 Å². The van der Waals surface area contributed by atoms with Gasteiger partial charge in [-0.2, -0.15) is 0 Å². The minimum Gasteiger partial charge on any atom is -0.399 e. The fourth-order valence-corrected chi connectivity index (χ4v) is 2.98. The standard InChI is InChI=1S/C8H9BrF2N2O2S/c9-6-2-1-5(12)3-7(6)16(14,15)13-4-8(10)11/h1-3,8,13H,4,12H2. The van der Waals surface area contributed by atoms with E-state index in [9.17, 15) is 17.2 Å². The number of sulfonamides is 1. The van der Waals surface area contributed by atoms with Gasteiger partial charge in [0.25, 0.3) is 6.43 Å². The predicted molar refractivity (Wildman–Crippen MR) is 59.7 cm³/mol. The zero-order chi connectivity index (χ0) is 12.3. The number of benzene rings is 1. The summed E-state index contributed by atoms with van der Waals surface area (Å²) in [7, 11) is -3.97. The zero-order valence-corrected chi connectivity index (χ0v) is 10.4. The van der Waals surface area contributed by atoms with Gasteiger partial charge in [0.1, 0.15) is 0 Å². The van der Waals surface area contributed by atoms with Gasteiger partial charge >= 0.3 is 0 Å². The second-order valence-corrected chi connectivity index (χ2v) is 5.52. The van der Waals surface area contributed by atoms with Crippen LogP contribution in [0.4, 0.5) is 14.5 Å². The third-order valence-electron chi connectivity index (χ3n) is 1.67. The average molecular weight is 315 g/mol. The van der Waals surface area contributed by atoms with E-state index in [1.807, 2.05) is 0 Å². The minimum absolute atomic E-state index is 0.159. The van der Waals surface area contributed by atoms with Crippen LogP contribution in [-0.4, -0.2) is 21.4 Å². The molecule has 1 aromatic rings. The van der Waals surface area contributed by atoms with Crippen LogP contribution in [0.15, 0.2) is 27.6 Å². The van der Waals surface area contributed by atoms with Crippen molar-refractivity contribution in [3.8, 4) is 0 Å². The molecule has 0 aliphatic rings. The summed E-state index contributed by atoms with van der Waals surface area (Å²) in [6.45, 7) is -0.927. The van der Waals surface area contributed by atoms with Gasteiger partial charge < -0.3 is 5.73 Å². The fraction of sp³-hybridized carbons (Fsp3) is 0.250. The first kappa shape index (κ1) is 13.3. The molecule has 0 bridgehead atoms. The predicted octanol–water partition coefficient (Wildman–Crippen LogP) is 1.57. The Balaban J connectivity index is 3.02. The Morgan fingerprint density at radius 3 is 2.62 bits per heavy atom. The molecule has 8 heteroatoms. The molecule has 0 saturated heterocycles. The van der Waals surface area contributed by atoms with E-state index in [4.69, 9.17) is 5.73 Å². The molecule has 0 radical (unpaired) electrons. The summed E-state index contributed by atoms with van der Waals surface area (Å²) in [4.78, 5) is -0.159. The molecule has 1 aromatic carbocycles. The van der Waals surface area contributed by atoms with E-state index < -0.39 is 23.0 Å². The summed E-state index contributed by atoms with van der Waals surface area (Å²) < 4.78 is 49.0. The first-order chi connectivity index (χ1) is 7.33. The summed E-state index contributed by atoms with van der Waals surface area (Å²) in [5, 5.41) is 0. The Bertz CT molecular complexity index is 479. The molecule has 0 aliphatic carbocycles. The Kier molecular flexibility index (Phi) is 4.22. The van der Waals surface area contributed by atoms with E-state index in [0.717, 1.165) is 0 Å². The van der Waals surface area contributed by atoms with Crippen LogP contribution in [0.25, 0.3) is 0 Å². The van der Waals surface area contributed by atoms with Crippen molar-refractivity contribution in [2.24, 2.45) is 0 Å². The highest BCUT2D eigenvalue weighted by molar-refractivity contribution is 9.10. The van der Waals surface area contributed by atoms with Crippen molar-refractivity contribution in [3.05, 3.63) is 22.7 Å². The van der Waals surface area contributed by atoms with Gasteiger partial charge in [-0.3, -0.25) is 0 Å². The van der Waals surface area contributed by atoms with Crippen molar-refractivity contribution in [3.63, 3.8) is 0 Å². The molecular formula is C8H9BrF2N2O2S. The molecule has 1 rings (SSSR count). The molecule has 0 aromatic heterocycles. The van der Waals surface area contributed by atoms with E-state index >= 15 is 0 Å². The largest absolute Gasteiger partial charge is 0.399 e. The van der Waals surface area contributed by atoms with Gasteiger partial charge in [0.15, 0.2) is 0 Å². The van der Waals surface area contributed by atoms with Crippen LogP contribution in [0.5, 0.6) is 0 Å². The van der Waals surface area contributed by atoms with Crippen LogP contribution >= 0.6 is 15.9 Å². The lowest BCUT2D eigenvalue weighted by atomic mass is 10.3. The van der Waals surface area contributed by atoms with E-state index in [0.29, 0.717) is 0 Å². The van der Waals surface area contributed by atoms with Gasteiger partial charge in [0, 0.05) is 10.2 Å². The highest BCUT2D eigenvalue weighted by atomic mass is 79.9. The lowest BCUT2D eigenvalue weighted by molar-refractivity contribution is 0.153. The molecule has 90 valence electrons. The lowest BCUT2D eigenvalue weighted by Gasteiger charge is -2.08. The van der Waals surface area contributed by atoms with Crippen molar-refractivity contribution in [1.29, 1.82) is 0 Å². The van der Waals surface area contributed by atoms with Crippen molar-refractivity contribution in [1.82, 2.24) is 4.72 Å². The van der Waals surface area contributed by atoms with Gasteiger partial charge in [-0.15, -0.1) is 0 Å². The van der Waals surface area contributed by atoms with E-state index in [1.165, 1.54) is 18.2 Å². The molecule has 4 nitrogen and oxygen atoms in total. The summed E-state index contributed by atoms with van der Waals surface area (Å²) >= 11 is 3.01. The Morgan fingerprint density at radius 2 is 2.06 bits per heavy atom. The summed E-state index contributed by atoms with van der Waals surface area (Å²) in [6.07, 6.45) is -2.74. The molecule has 0 fully saturated rings. The van der Waals surface area contributed by atoms with Crippen LogP contribution in [0.2, 0.25) is 0 Å². The quantitative estimate of drug-likeness (QED) is 0.829. The lowest BCUT2D eigenvalue weighted by Crippen LogP contribution is -2.28. The van der Waals surface area contributed by atoms with Crippen LogP contribution in [0.3, 0.4) is 0 Å². The van der Waals surface area contributed by atoms with E-state index in [2.05, 4.69) is 15.9 Å². The molecular weight excluding hydrogens is 306 g/mol. The first-order valence-corrected chi connectivity index (χ1v) is 6.43. The monoisotopic (exact) mass is 314 g/mol. The smallest absolute Gasteiger partial charge is 0.251 e. The number of nitrogens with two attached hydrogens (primary N) is 1. The topological polar surface area (TPSA) is 72.2 Å². The molecule has 0 aliphatic heterocycles. The van der Waals surface area contributed by atoms with Crippen molar-refractivity contribution in [2.45, 2.75) is 11.3 Å². The Labute approximate surface area is 100 Å². The normalized spacial score (nSPS) is 12.0. The third-order valence-corrected chi connectivity index (χ3v) is 4.09. The number of alkyl halides is 2. The first-order valence-electron chi connectivity index (χ1n) is 4.16. The molecule has 0 spiro atoms. The van der Waals surface area contributed by atoms with Gasteiger partial charge in [-0.25, -0.2) is 21.9 Å². The number of anilines is 1. The number of hydrogen-bond donors (Lipinski definition) is 2. The molecule has 0 amide bonds. The number of hydrogen-bond acceptors (Lipinski definition) is 3. The highest BCUT2D eigenvalue weighted by Crippen LogP contribution is 2.23. The molecule has 0 unspecified atom stereocenters. The third kappa shape index (κ3) is 3.39.